The van der Waals surface area contributed by atoms with Crippen LogP contribution in [0, 0.1) is 0 Å². The fourth-order valence-electron chi connectivity index (χ4n) is 13.4. The number of aromatic nitrogens is 6. The number of rotatable bonds is 9. The van der Waals surface area contributed by atoms with Crippen molar-refractivity contribution in [2.45, 2.75) is 0 Å². The van der Waals surface area contributed by atoms with Crippen molar-refractivity contribution in [1.29, 1.82) is 0 Å². The zero-order valence-electron chi connectivity index (χ0n) is 44.8. The van der Waals surface area contributed by atoms with Gasteiger partial charge in [-0.05, 0) is 87.5 Å². The van der Waals surface area contributed by atoms with Crippen LogP contribution in [0.4, 0.5) is 0 Å². The summed E-state index contributed by atoms with van der Waals surface area (Å²) in [5.74, 6) is 1.73. The first-order valence-corrected chi connectivity index (χ1v) is 31.0. The third-order valence-electron chi connectivity index (χ3n) is 17.1. The quantitative estimate of drug-likeness (QED) is 0.107. The summed E-state index contributed by atoms with van der Waals surface area (Å²) in [6, 6.07) is 106. The van der Waals surface area contributed by atoms with E-state index >= 15 is 0 Å². The Morgan fingerprint density at radius 1 is 0.253 bits per heavy atom. The Balaban J connectivity index is 0.925. The molecule has 0 bridgehead atoms. The largest absolute Gasteiger partial charge is 0.309 e. The molecule has 0 atom stereocenters. The highest BCUT2D eigenvalue weighted by Gasteiger charge is 2.41. The van der Waals surface area contributed by atoms with Crippen LogP contribution in [0.5, 0.6) is 0 Å². The number of fused-ring (bicyclic) bond motifs is 12. The van der Waals surface area contributed by atoms with Gasteiger partial charge in [0.15, 0.2) is 19.7 Å². The predicted molar refractivity (Wildman–Crippen MR) is 350 cm³/mol. The van der Waals surface area contributed by atoms with Gasteiger partial charge in [0.25, 0.3) is 0 Å². The van der Waals surface area contributed by atoms with Crippen LogP contribution in [0.1, 0.15) is 0 Å². The molecular weight excluding hydrogens is 1050 g/mol. The van der Waals surface area contributed by atoms with Gasteiger partial charge in [-0.15, -0.1) is 11.3 Å². The SMILES string of the molecule is c1ccc([Si](c2ccccc2)(c2ccccc2)c2ccc(-c3nc(-c4ccc5c(c4)sc4ccccc45)nc(-n4c5ccc(-n6c7ccccc7c7ccccc76)cc5c5ccc(-n6c7ccccc7c7ccccc76)cc54)n3)cc2)cc1. The molecule has 17 aromatic rings. The minimum absolute atomic E-state index is 0.538. The molecule has 0 N–H and O–H groups in total. The van der Waals surface area contributed by atoms with Crippen molar-refractivity contribution in [1.82, 2.24) is 28.7 Å². The Labute approximate surface area is 482 Å². The number of nitrogens with zero attached hydrogens (tertiary/aromatic N) is 6. The first kappa shape index (κ1) is 47.3. The molecule has 5 aromatic heterocycles. The zero-order valence-corrected chi connectivity index (χ0v) is 46.6. The summed E-state index contributed by atoms with van der Waals surface area (Å²) in [5, 5.41) is 14.8. The highest BCUT2D eigenvalue weighted by atomic mass is 32.1. The number of thiophene rings is 1. The van der Waals surface area contributed by atoms with Crippen molar-refractivity contribution >= 4 is 126 Å². The maximum atomic E-state index is 5.62. The summed E-state index contributed by atoms with van der Waals surface area (Å²) in [6.45, 7) is 0. The van der Waals surface area contributed by atoms with Gasteiger partial charge < -0.3 is 9.13 Å². The lowest BCUT2D eigenvalue weighted by atomic mass is 10.1. The summed E-state index contributed by atoms with van der Waals surface area (Å²) < 4.78 is 9.51. The van der Waals surface area contributed by atoms with E-state index in [9.17, 15) is 0 Å². The van der Waals surface area contributed by atoms with Crippen molar-refractivity contribution < 1.29 is 0 Å². The molecule has 0 saturated carbocycles. The number of hydrogen-bond donors (Lipinski definition) is 0. The molecule has 0 amide bonds. The van der Waals surface area contributed by atoms with Crippen LogP contribution in [0.15, 0.2) is 291 Å². The van der Waals surface area contributed by atoms with E-state index in [1.165, 1.54) is 62.5 Å². The maximum Gasteiger partial charge on any atom is 0.238 e. The second-order valence-corrected chi connectivity index (χ2v) is 26.4. The van der Waals surface area contributed by atoms with E-state index in [1.54, 1.807) is 11.3 Å². The number of para-hydroxylation sites is 4. The highest BCUT2D eigenvalue weighted by Crippen LogP contribution is 2.41. The third-order valence-corrected chi connectivity index (χ3v) is 23.0. The molecule has 12 aromatic carbocycles. The molecule has 0 spiro atoms. The van der Waals surface area contributed by atoms with Crippen LogP contribution in [0.25, 0.3) is 126 Å². The summed E-state index contributed by atoms with van der Waals surface area (Å²) in [6.07, 6.45) is 0. The lowest BCUT2D eigenvalue weighted by Gasteiger charge is -2.34. The topological polar surface area (TPSA) is 53.5 Å². The second-order valence-electron chi connectivity index (χ2n) is 21.5. The summed E-state index contributed by atoms with van der Waals surface area (Å²) in [7, 11) is -2.82. The average molecular weight is 1090 g/mol. The van der Waals surface area contributed by atoms with E-state index in [1.807, 2.05) is 0 Å². The summed E-state index contributed by atoms with van der Waals surface area (Å²) in [4.78, 5) is 16.7. The van der Waals surface area contributed by atoms with Crippen molar-refractivity contribution in [3.63, 3.8) is 0 Å². The van der Waals surface area contributed by atoms with E-state index < -0.39 is 8.07 Å². The molecule has 0 fully saturated rings. The molecule has 0 aliphatic carbocycles. The molecule has 5 heterocycles. The van der Waals surface area contributed by atoms with Gasteiger partial charge in [0.2, 0.25) is 5.95 Å². The molecule has 6 nitrogen and oxygen atoms in total. The van der Waals surface area contributed by atoms with Gasteiger partial charge in [-0.1, -0.05) is 224 Å². The van der Waals surface area contributed by atoms with Gasteiger partial charge in [-0.2, -0.15) is 9.97 Å². The van der Waals surface area contributed by atoms with Gasteiger partial charge in [-0.25, -0.2) is 4.98 Å². The van der Waals surface area contributed by atoms with Gasteiger partial charge in [-0.3, -0.25) is 4.57 Å². The molecule has 8 heteroatoms. The summed E-state index contributed by atoms with van der Waals surface area (Å²) >= 11 is 1.80. The van der Waals surface area contributed by atoms with Crippen LogP contribution in [0.2, 0.25) is 0 Å². The molecule has 0 saturated heterocycles. The molecule has 0 aliphatic rings. The van der Waals surface area contributed by atoms with Gasteiger partial charge in [0, 0.05) is 75.0 Å². The lowest BCUT2D eigenvalue weighted by Crippen LogP contribution is -2.74. The Bertz CT molecular complexity index is 5190. The second kappa shape index (κ2) is 18.8. The normalized spacial score (nSPS) is 12.1. The standard InChI is InChI=1S/C75H48N6SSi/c1-4-20-53(21-5-1)83(54-22-6-2-7-23-54,55-24-8-3-9-25-55)56-41-36-49(37-42-56)73-76-74(50-38-43-63-62-30-14-19-35-71(62)82-72(63)46-50)78-75(77-73)81-69-45-40-51(79-65-31-15-10-26-57(65)58-27-11-16-32-66(58)79)47-64(69)61-44-39-52(48-70(61)81)80-67-33-17-12-28-59(67)60-29-13-18-34-68(60)80/h1-48H. The molecule has 83 heavy (non-hydrogen) atoms. The fourth-order valence-corrected chi connectivity index (χ4v) is 19.3. The number of benzene rings is 12. The van der Waals surface area contributed by atoms with E-state index in [0.29, 0.717) is 17.6 Å². The smallest absolute Gasteiger partial charge is 0.238 e. The number of hydrogen-bond acceptors (Lipinski definition) is 4. The molecular formula is C75H48N6SSi. The van der Waals surface area contributed by atoms with E-state index in [4.69, 9.17) is 15.0 Å². The summed E-state index contributed by atoms with van der Waals surface area (Å²) in [5.41, 5.74) is 10.5. The third kappa shape index (κ3) is 7.30. The lowest BCUT2D eigenvalue weighted by molar-refractivity contribution is 0.953. The van der Waals surface area contributed by atoms with E-state index in [0.717, 1.165) is 66.4 Å². The monoisotopic (exact) mass is 1090 g/mol. The molecule has 0 unspecified atom stereocenters. The Morgan fingerprint density at radius 2 is 0.651 bits per heavy atom. The highest BCUT2D eigenvalue weighted by molar-refractivity contribution is 7.25. The van der Waals surface area contributed by atoms with Gasteiger partial charge >= 0.3 is 0 Å². The molecule has 0 aliphatic heterocycles. The molecule has 0 radical (unpaired) electrons. The van der Waals surface area contributed by atoms with Crippen LogP contribution in [-0.4, -0.2) is 36.7 Å². The Morgan fingerprint density at radius 3 is 1.20 bits per heavy atom. The predicted octanol–water partition coefficient (Wildman–Crippen LogP) is 16.2. The van der Waals surface area contributed by atoms with Crippen molar-refractivity contribution in [2.24, 2.45) is 0 Å². The average Bonchev–Trinajstić information content (AvgIpc) is 3.62. The minimum Gasteiger partial charge on any atom is -0.309 e. The molecule has 388 valence electrons. The first-order valence-electron chi connectivity index (χ1n) is 28.2. The zero-order chi connectivity index (χ0) is 54.6. The van der Waals surface area contributed by atoms with E-state index in [2.05, 4.69) is 305 Å². The van der Waals surface area contributed by atoms with Crippen molar-refractivity contribution in [3.8, 4) is 40.1 Å². The first-order chi connectivity index (χ1) is 41.2. The van der Waals surface area contributed by atoms with Crippen LogP contribution in [0.3, 0.4) is 0 Å². The van der Waals surface area contributed by atoms with Crippen molar-refractivity contribution in [2.75, 3.05) is 0 Å². The fraction of sp³-hybridized carbons (Fsp3) is 0. The molecule has 17 rings (SSSR count). The van der Waals surface area contributed by atoms with Crippen LogP contribution >= 0.6 is 11.3 Å². The van der Waals surface area contributed by atoms with Gasteiger partial charge in [0.1, 0.15) is 0 Å². The maximum absolute atomic E-state index is 5.62. The Kier molecular flexibility index (Phi) is 10.7. The van der Waals surface area contributed by atoms with E-state index in [-0.39, 0.29) is 0 Å². The van der Waals surface area contributed by atoms with Gasteiger partial charge in [0.05, 0.1) is 33.1 Å². The minimum atomic E-state index is -2.82. The Hall–Kier alpha value is -10.5. The van der Waals surface area contributed by atoms with Crippen LogP contribution < -0.4 is 20.7 Å². The van der Waals surface area contributed by atoms with Crippen molar-refractivity contribution in [3.05, 3.63) is 291 Å². The van der Waals surface area contributed by atoms with Crippen LogP contribution in [-0.2, 0) is 0 Å².